The molecule has 0 aromatic heterocycles. The number of aliphatic imine (C=N–C) groups is 1. The van der Waals surface area contributed by atoms with Gasteiger partial charge in [0.25, 0.3) is 5.84 Å². The molecule has 4 heteroatoms. The fourth-order valence-corrected chi connectivity index (χ4v) is 2.54. The van der Waals surface area contributed by atoms with Crippen molar-refractivity contribution < 1.29 is 14.4 Å². The van der Waals surface area contributed by atoms with Crippen LogP contribution in [0.3, 0.4) is 0 Å². The molecule has 0 aliphatic heterocycles. The molecule has 21 heavy (non-hydrogen) atoms. The first-order valence-corrected chi connectivity index (χ1v) is 7.27. The fraction of sp³-hybridized carbons (Fsp3) is 0.647. The van der Waals surface area contributed by atoms with Crippen molar-refractivity contribution in [2.75, 3.05) is 7.11 Å². The van der Waals surface area contributed by atoms with Crippen LogP contribution >= 0.6 is 0 Å². The van der Waals surface area contributed by atoms with Gasteiger partial charge in [-0.1, -0.05) is 45.0 Å². The summed E-state index contributed by atoms with van der Waals surface area (Å²) < 4.78 is 6.91. The second-order valence-electron chi connectivity index (χ2n) is 6.46. The average Bonchev–Trinajstić information content (AvgIpc) is 2.99. The van der Waals surface area contributed by atoms with Crippen LogP contribution in [0.1, 0.15) is 34.6 Å². The van der Waals surface area contributed by atoms with Gasteiger partial charge in [-0.25, -0.2) is 4.58 Å². The molecule has 4 unspecified atom stereocenters. The number of amidine groups is 1. The molecule has 1 aliphatic rings. The van der Waals surface area contributed by atoms with Crippen LogP contribution in [0.4, 0.5) is 0 Å². The summed E-state index contributed by atoms with van der Waals surface area (Å²) in [5.41, 5.74) is 0.770. The van der Waals surface area contributed by atoms with E-state index in [9.17, 15) is 5.11 Å². The second kappa shape index (κ2) is 5.85. The minimum Gasteiger partial charge on any atom is -0.362 e. The number of allylic oxidation sites excluding steroid dienone is 1. The van der Waals surface area contributed by atoms with Gasteiger partial charge in [0.15, 0.2) is 6.04 Å². The van der Waals surface area contributed by atoms with Crippen molar-refractivity contribution in [3.63, 3.8) is 0 Å². The predicted molar refractivity (Wildman–Crippen MR) is 88.0 cm³/mol. The third kappa shape index (κ3) is 3.01. The lowest BCUT2D eigenvalue weighted by Gasteiger charge is -2.26. The predicted octanol–water partition coefficient (Wildman–Crippen LogP) is 2.63. The highest BCUT2D eigenvalue weighted by Crippen LogP contribution is 2.46. The van der Waals surface area contributed by atoms with E-state index in [4.69, 9.17) is 9.73 Å². The Bertz CT molecular complexity index is 493. The van der Waals surface area contributed by atoms with Gasteiger partial charge < -0.3 is 9.84 Å². The van der Waals surface area contributed by atoms with Crippen molar-refractivity contribution >= 4 is 12.6 Å². The fourth-order valence-electron chi connectivity index (χ4n) is 2.54. The zero-order valence-corrected chi connectivity index (χ0v) is 14.2. The minimum absolute atomic E-state index is 0.0107. The number of methoxy groups -OCH3 is 1. The number of ether oxygens (including phenoxy) is 1. The van der Waals surface area contributed by atoms with Crippen LogP contribution in [-0.4, -0.2) is 47.2 Å². The third-order valence-corrected chi connectivity index (χ3v) is 5.02. The molecule has 1 N–H and O–H groups in total. The monoisotopic (exact) mass is 293 g/mol. The third-order valence-electron chi connectivity index (χ3n) is 5.02. The molecule has 118 valence electrons. The topological polar surface area (TPSA) is 44.8 Å². The van der Waals surface area contributed by atoms with Crippen molar-refractivity contribution in [1.29, 1.82) is 0 Å². The SMILES string of the molecule is C=CC(=C)C(C)(C)C(C)N=C(C)[N+](=C)C1C(C)C1(O)OC. The molecule has 0 heterocycles. The largest absolute Gasteiger partial charge is 0.362 e. The summed E-state index contributed by atoms with van der Waals surface area (Å²) >= 11 is 0. The molecular weight excluding hydrogens is 264 g/mol. The Kier molecular flexibility index (Phi) is 4.96. The van der Waals surface area contributed by atoms with Gasteiger partial charge in [-0.3, -0.25) is 0 Å². The number of nitrogens with zero attached hydrogens (tertiary/aromatic N) is 2. The van der Waals surface area contributed by atoms with Crippen molar-refractivity contribution in [3.8, 4) is 0 Å². The lowest BCUT2D eigenvalue weighted by Crippen LogP contribution is -2.32. The maximum atomic E-state index is 10.2. The van der Waals surface area contributed by atoms with E-state index in [0.29, 0.717) is 0 Å². The summed E-state index contributed by atoms with van der Waals surface area (Å²) in [5.74, 6) is -0.337. The van der Waals surface area contributed by atoms with E-state index < -0.39 is 5.79 Å². The highest BCUT2D eigenvalue weighted by Gasteiger charge is 2.68. The van der Waals surface area contributed by atoms with Crippen LogP contribution in [0.15, 0.2) is 29.8 Å². The van der Waals surface area contributed by atoms with Crippen molar-refractivity contribution in [2.45, 2.75) is 52.5 Å². The van der Waals surface area contributed by atoms with Gasteiger partial charge in [0.2, 0.25) is 5.79 Å². The zero-order chi connectivity index (χ0) is 16.6. The van der Waals surface area contributed by atoms with Crippen LogP contribution in [0.2, 0.25) is 0 Å². The van der Waals surface area contributed by atoms with Crippen LogP contribution in [0, 0.1) is 11.3 Å². The van der Waals surface area contributed by atoms with Crippen LogP contribution in [0.25, 0.3) is 0 Å². The van der Waals surface area contributed by atoms with Crippen molar-refractivity contribution in [3.05, 3.63) is 24.8 Å². The first kappa shape index (κ1) is 17.8. The van der Waals surface area contributed by atoms with E-state index in [-0.39, 0.29) is 23.4 Å². The minimum atomic E-state index is -1.12. The molecule has 4 nitrogen and oxygen atoms in total. The van der Waals surface area contributed by atoms with E-state index >= 15 is 0 Å². The Morgan fingerprint density at radius 1 is 1.52 bits per heavy atom. The first-order valence-electron chi connectivity index (χ1n) is 7.27. The van der Waals surface area contributed by atoms with Crippen LogP contribution in [-0.2, 0) is 4.74 Å². The maximum Gasteiger partial charge on any atom is 0.289 e. The van der Waals surface area contributed by atoms with Gasteiger partial charge in [-0.15, -0.1) is 0 Å². The number of aliphatic hydroxyl groups is 1. The molecule has 1 aliphatic carbocycles. The Balaban J connectivity index is 2.89. The Hall–Kier alpha value is -1.26. The van der Waals surface area contributed by atoms with E-state index in [1.807, 2.05) is 20.8 Å². The maximum absolute atomic E-state index is 10.2. The zero-order valence-electron chi connectivity index (χ0n) is 14.2. The number of rotatable bonds is 6. The Labute approximate surface area is 128 Å². The molecule has 0 amide bonds. The van der Waals surface area contributed by atoms with Gasteiger partial charge in [-0.2, -0.15) is 0 Å². The smallest absolute Gasteiger partial charge is 0.289 e. The van der Waals surface area contributed by atoms with Crippen molar-refractivity contribution in [1.82, 2.24) is 0 Å². The molecule has 0 radical (unpaired) electrons. The molecule has 0 aromatic rings. The summed E-state index contributed by atoms with van der Waals surface area (Å²) in [6.07, 6.45) is 1.77. The highest BCUT2D eigenvalue weighted by atomic mass is 16.6. The van der Waals surface area contributed by atoms with Gasteiger partial charge in [0.1, 0.15) is 6.04 Å². The van der Waals surface area contributed by atoms with Gasteiger partial charge in [0.05, 0.1) is 12.6 Å². The molecule has 0 aromatic carbocycles. The molecule has 1 saturated carbocycles. The quantitative estimate of drug-likeness (QED) is 0.269. The van der Waals surface area contributed by atoms with Crippen LogP contribution < -0.4 is 0 Å². The lowest BCUT2D eigenvalue weighted by atomic mass is 9.79. The lowest BCUT2D eigenvalue weighted by molar-refractivity contribution is -0.441. The summed E-state index contributed by atoms with van der Waals surface area (Å²) in [6, 6.07) is -0.138. The van der Waals surface area contributed by atoms with E-state index in [2.05, 4.69) is 33.7 Å². The second-order valence-corrected chi connectivity index (χ2v) is 6.46. The molecule has 0 saturated heterocycles. The number of hydrogen-bond acceptors (Lipinski definition) is 3. The van der Waals surface area contributed by atoms with Gasteiger partial charge >= 0.3 is 0 Å². The van der Waals surface area contributed by atoms with E-state index in [1.54, 1.807) is 10.7 Å². The molecular formula is C17H29N2O2+. The van der Waals surface area contributed by atoms with E-state index in [1.165, 1.54) is 7.11 Å². The number of hydrogen-bond donors (Lipinski definition) is 1. The first-order chi connectivity index (χ1) is 9.53. The Morgan fingerprint density at radius 2 is 2.05 bits per heavy atom. The van der Waals surface area contributed by atoms with E-state index in [0.717, 1.165) is 11.4 Å². The Morgan fingerprint density at radius 3 is 2.43 bits per heavy atom. The molecule has 1 rings (SSSR count). The molecule has 0 spiro atoms. The average molecular weight is 293 g/mol. The summed E-state index contributed by atoms with van der Waals surface area (Å²) in [6.45, 7) is 21.9. The highest BCUT2D eigenvalue weighted by molar-refractivity contribution is 5.73. The molecule has 0 bridgehead atoms. The summed E-state index contributed by atoms with van der Waals surface area (Å²) in [5, 5.41) is 10.2. The van der Waals surface area contributed by atoms with Crippen LogP contribution in [0.5, 0.6) is 0 Å². The normalized spacial score (nSPS) is 30.7. The standard InChI is InChI=1S/C17H29N2O2/c1-10-11(2)16(6,7)13(4)18-14(5)19(8)15-12(3)17(15,20)21-9/h10,12-13,15,20H,1-2,8H2,3-7,9H3/q+1. The summed E-state index contributed by atoms with van der Waals surface area (Å²) in [4.78, 5) is 4.72. The summed E-state index contributed by atoms with van der Waals surface area (Å²) in [7, 11) is 1.51. The molecule has 1 fully saturated rings. The van der Waals surface area contributed by atoms with Gasteiger partial charge in [0, 0.05) is 19.4 Å². The molecule has 4 atom stereocenters. The van der Waals surface area contributed by atoms with Gasteiger partial charge in [-0.05, 0) is 12.5 Å². The van der Waals surface area contributed by atoms with Crippen molar-refractivity contribution in [2.24, 2.45) is 16.3 Å².